The number of aliphatic hydroxyl groups is 1. The number of carbonyl (C=O) groups is 1. The third-order valence-corrected chi connectivity index (χ3v) is 2.53. The average molecular weight is 266 g/mol. The maximum absolute atomic E-state index is 11.7. The molecule has 1 atom stereocenters. The highest BCUT2D eigenvalue weighted by atomic mass is 16.5. The van der Waals surface area contributed by atoms with Crippen LogP contribution in [0.2, 0.25) is 0 Å². The Morgan fingerprint density at radius 2 is 2.21 bits per heavy atom. The summed E-state index contributed by atoms with van der Waals surface area (Å²) in [7, 11) is 0. The van der Waals surface area contributed by atoms with Crippen LogP contribution in [0.15, 0.2) is 18.2 Å². The van der Waals surface area contributed by atoms with Gasteiger partial charge in [0.1, 0.15) is 5.75 Å². The minimum absolute atomic E-state index is 0.301. The van der Waals surface area contributed by atoms with Crippen LogP contribution >= 0.6 is 0 Å². The van der Waals surface area contributed by atoms with E-state index >= 15 is 0 Å². The molecule has 0 aliphatic carbocycles. The Labute approximate surface area is 114 Å². The SMILES string of the molecule is CCOc1cc(C)ccc1NC(=O)NCCC(C)O. The van der Waals surface area contributed by atoms with Gasteiger partial charge in [-0.15, -0.1) is 0 Å². The van der Waals surface area contributed by atoms with E-state index in [4.69, 9.17) is 9.84 Å². The van der Waals surface area contributed by atoms with Gasteiger partial charge in [-0.25, -0.2) is 4.79 Å². The minimum Gasteiger partial charge on any atom is -0.492 e. The van der Waals surface area contributed by atoms with Crippen LogP contribution in [0.25, 0.3) is 0 Å². The number of urea groups is 1. The van der Waals surface area contributed by atoms with E-state index in [0.29, 0.717) is 31.0 Å². The topological polar surface area (TPSA) is 70.6 Å². The van der Waals surface area contributed by atoms with Crippen molar-refractivity contribution < 1.29 is 14.6 Å². The van der Waals surface area contributed by atoms with E-state index in [1.165, 1.54) is 0 Å². The summed E-state index contributed by atoms with van der Waals surface area (Å²) in [5.74, 6) is 0.660. The van der Waals surface area contributed by atoms with Crippen molar-refractivity contribution in [2.45, 2.75) is 33.3 Å². The predicted octanol–water partition coefficient (Wildman–Crippen LogP) is 2.29. The lowest BCUT2D eigenvalue weighted by Gasteiger charge is -2.13. The van der Waals surface area contributed by atoms with Crippen LogP contribution in [0.5, 0.6) is 5.75 Å². The summed E-state index contributed by atoms with van der Waals surface area (Å²) in [4.78, 5) is 11.7. The monoisotopic (exact) mass is 266 g/mol. The third-order valence-electron chi connectivity index (χ3n) is 2.53. The van der Waals surface area contributed by atoms with E-state index in [0.717, 1.165) is 5.56 Å². The minimum atomic E-state index is -0.418. The number of aryl methyl sites for hydroxylation is 1. The molecule has 19 heavy (non-hydrogen) atoms. The van der Waals surface area contributed by atoms with Crippen LogP contribution in [0.3, 0.4) is 0 Å². The molecule has 1 rings (SSSR count). The van der Waals surface area contributed by atoms with Gasteiger partial charge in [0.05, 0.1) is 18.4 Å². The molecule has 3 N–H and O–H groups in total. The Morgan fingerprint density at radius 3 is 2.84 bits per heavy atom. The number of hydrogen-bond acceptors (Lipinski definition) is 3. The summed E-state index contributed by atoms with van der Waals surface area (Å²) >= 11 is 0. The molecule has 5 heteroatoms. The highest BCUT2D eigenvalue weighted by molar-refractivity contribution is 5.90. The lowest BCUT2D eigenvalue weighted by atomic mass is 10.2. The Hall–Kier alpha value is -1.75. The number of nitrogens with one attached hydrogen (secondary N) is 2. The van der Waals surface area contributed by atoms with Gasteiger partial charge in [0.25, 0.3) is 0 Å². The first-order valence-corrected chi connectivity index (χ1v) is 6.49. The van der Waals surface area contributed by atoms with E-state index in [9.17, 15) is 4.79 Å². The van der Waals surface area contributed by atoms with Crippen molar-refractivity contribution >= 4 is 11.7 Å². The first-order valence-electron chi connectivity index (χ1n) is 6.49. The number of amides is 2. The Balaban J connectivity index is 2.58. The van der Waals surface area contributed by atoms with E-state index in [1.54, 1.807) is 6.92 Å². The van der Waals surface area contributed by atoms with Crippen LogP contribution in [-0.4, -0.2) is 30.4 Å². The van der Waals surface area contributed by atoms with Crippen LogP contribution < -0.4 is 15.4 Å². The summed E-state index contributed by atoms with van der Waals surface area (Å²) in [6, 6.07) is 5.31. The standard InChI is InChI=1S/C14H22N2O3/c1-4-19-13-9-10(2)5-6-12(13)16-14(18)15-8-7-11(3)17/h5-6,9,11,17H,4,7-8H2,1-3H3,(H2,15,16,18). The van der Waals surface area contributed by atoms with E-state index in [2.05, 4.69) is 10.6 Å². The van der Waals surface area contributed by atoms with E-state index in [-0.39, 0.29) is 6.03 Å². The zero-order valence-corrected chi connectivity index (χ0v) is 11.7. The highest BCUT2D eigenvalue weighted by Crippen LogP contribution is 2.25. The summed E-state index contributed by atoms with van der Waals surface area (Å²) in [6.07, 6.45) is 0.110. The number of benzene rings is 1. The van der Waals surface area contributed by atoms with Crippen molar-refractivity contribution in [1.29, 1.82) is 0 Å². The van der Waals surface area contributed by atoms with Gasteiger partial charge in [-0.2, -0.15) is 0 Å². The second kappa shape index (κ2) is 7.63. The molecule has 1 unspecified atom stereocenters. The Kier molecular flexibility index (Phi) is 6.15. The van der Waals surface area contributed by atoms with Gasteiger partial charge in [-0.1, -0.05) is 6.07 Å². The lowest BCUT2D eigenvalue weighted by Crippen LogP contribution is -2.31. The number of aliphatic hydroxyl groups excluding tert-OH is 1. The largest absolute Gasteiger partial charge is 0.492 e. The van der Waals surface area contributed by atoms with Crippen molar-refractivity contribution in [3.8, 4) is 5.75 Å². The summed E-state index contributed by atoms with van der Waals surface area (Å²) in [6.45, 7) is 6.53. The Bertz CT molecular complexity index is 419. The molecule has 1 aromatic carbocycles. The molecule has 0 aliphatic rings. The van der Waals surface area contributed by atoms with Gasteiger partial charge in [0.2, 0.25) is 0 Å². The maximum atomic E-state index is 11.7. The second-order valence-corrected chi connectivity index (χ2v) is 4.45. The number of ether oxygens (including phenoxy) is 1. The fraction of sp³-hybridized carbons (Fsp3) is 0.500. The summed E-state index contributed by atoms with van der Waals surface area (Å²) in [5.41, 5.74) is 1.71. The summed E-state index contributed by atoms with van der Waals surface area (Å²) < 4.78 is 5.48. The number of hydrogen-bond donors (Lipinski definition) is 3. The van der Waals surface area contributed by atoms with Gasteiger partial charge in [-0.3, -0.25) is 0 Å². The second-order valence-electron chi connectivity index (χ2n) is 4.45. The van der Waals surface area contributed by atoms with Gasteiger partial charge in [0.15, 0.2) is 0 Å². The van der Waals surface area contributed by atoms with Crippen LogP contribution in [0.4, 0.5) is 10.5 Å². The molecule has 0 fully saturated rings. The quantitative estimate of drug-likeness (QED) is 0.740. The molecule has 0 saturated carbocycles. The maximum Gasteiger partial charge on any atom is 0.319 e. The van der Waals surface area contributed by atoms with Gasteiger partial charge >= 0.3 is 6.03 Å². The number of rotatable bonds is 6. The first-order chi connectivity index (χ1) is 9.02. The van der Waals surface area contributed by atoms with Crippen molar-refractivity contribution in [3.05, 3.63) is 23.8 Å². The molecule has 0 radical (unpaired) electrons. The molecular weight excluding hydrogens is 244 g/mol. The fourth-order valence-corrected chi connectivity index (χ4v) is 1.57. The van der Waals surface area contributed by atoms with Gasteiger partial charge < -0.3 is 20.5 Å². The molecule has 1 aromatic rings. The summed E-state index contributed by atoms with van der Waals surface area (Å²) in [5, 5.41) is 14.5. The normalized spacial score (nSPS) is 11.8. The molecule has 0 saturated heterocycles. The van der Waals surface area contributed by atoms with Gasteiger partial charge in [-0.05, 0) is 44.9 Å². The molecule has 0 aliphatic heterocycles. The van der Waals surface area contributed by atoms with E-state index in [1.807, 2.05) is 32.0 Å². The molecule has 0 aromatic heterocycles. The molecule has 2 amide bonds. The molecule has 106 valence electrons. The fourth-order valence-electron chi connectivity index (χ4n) is 1.57. The first kappa shape index (κ1) is 15.3. The molecule has 0 spiro atoms. The van der Waals surface area contributed by atoms with Crippen LogP contribution in [0, 0.1) is 6.92 Å². The zero-order valence-electron chi connectivity index (χ0n) is 11.7. The van der Waals surface area contributed by atoms with E-state index < -0.39 is 6.10 Å². The van der Waals surface area contributed by atoms with Gasteiger partial charge in [0, 0.05) is 6.54 Å². The number of anilines is 1. The number of carbonyl (C=O) groups excluding carboxylic acids is 1. The zero-order chi connectivity index (χ0) is 14.3. The van der Waals surface area contributed by atoms with Crippen molar-refractivity contribution in [3.63, 3.8) is 0 Å². The molecular formula is C14H22N2O3. The predicted molar refractivity (Wildman–Crippen MR) is 75.7 cm³/mol. The smallest absolute Gasteiger partial charge is 0.319 e. The van der Waals surface area contributed by atoms with Crippen LogP contribution in [-0.2, 0) is 0 Å². The highest BCUT2D eigenvalue weighted by Gasteiger charge is 2.07. The Morgan fingerprint density at radius 1 is 1.47 bits per heavy atom. The third kappa shape index (κ3) is 5.61. The molecule has 0 bridgehead atoms. The average Bonchev–Trinajstić information content (AvgIpc) is 2.32. The lowest BCUT2D eigenvalue weighted by molar-refractivity contribution is 0.184. The van der Waals surface area contributed by atoms with Crippen molar-refractivity contribution in [2.75, 3.05) is 18.5 Å². The van der Waals surface area contributed by atoms with Crippen LogP contribution in [0.1, 0.15) is 25.8 Å². The molecule has 5 nitrogen and oxygen atoms in total. The molecule has 0 heterocycles. The van der Waals surface area contributed by atoms with Crippen molar-refractivity contribution in [2.24, 2.45) is 0 Å². The van der Waals surface area contributed by atoms with Crippen molar-refractivity contribution in [1.82, 2.24) is 5.32 Å².